The molecular formula is C16H23NO3. The van der Waals surface area contributed by atoms with Crippen LogP contribution in [0.4, 0.5) is 4.79 Å². The molecule has 0 spiro atoms. The minimum Gasteiger partial charge on any atom is -0.493 e. The molecule has 20 heavy (non-hydrogen) atoms. The number of fused-ring (bicyclic) bond motifs is 1. The van der Waals surface area contributed by atoms with Crippen LogP contribution < -0.4 is 4.74 Å². The number of carbonyl (C=O) groups excluding carboxylic acids is 1. The van der Waals surface area contributed by atoms with Crippen molar-refractivity contribution in [3.05, 3.63) is 29.8 Å². The van der Waals surface area contributed by atoms with Crippen molar-refractivity contribution in [2.75, 3.05) is 20.2 Å². The van der Waals surface area contributed by atoms with Crippen molar-refractivity contribution in [3.8, 4) is 5.75 Å². The third kappa shape index (κ3) is 3.65. The van der Waals surface area contributed by atoms with Crippen LogP contribution in [0, 0.1) is 0 Å². The topological polar surface area (TPSA) is 38.8 Å². The highest BCUT2D eigenvalue weighted by molar-refractivity contribution is 5.67. The number of nitrogens with zero attached hydrogens (tertiary/aromatic N) is 1. The van der Waals surface area contributed by atoms with Gasteiger partial charge in [-0.25, -0.2) is 4.79 Å². The lowest BCUT2D eigenvalue weighted by Gasteiger charge is -2.30. The lowest BCUT2D eigenvalue weighted by atomic mass is 9.93. The summed E-state index contributed by atoms with van der Waals surface area (Å²) in [7, 11) is 1.78. The minimum atomic E-state index is -0.459. The lowest BCUT2D eigenvalue weighted by molar-refractivity contribution is 0.0281. The van der Waals surface area contributed by atoms with Gasteiger partial charge in [0, 0.05) is 19.5 Å². The van der Waals surface area contributed by atoms with Crippen molar-refractivity contribution < 1.29 is 14.3 Å². The predicted octanol–water partition coefficient (Wildman–Crippen LogP) is 3.42. The second-order valence-electron chi connectivity index (χ2n) is 6.23. The molecular weight excluding hydrogens is 254 g/mol. The highest BCUT2D eigenvalue weighted by Crippen LogP contribution is 2.33. The average Bonchev–Trinajstić information content (AvgIpc) is 2.37. The third-order valence-electron chi connectivity index (χ3n) is 3.28. The van der Waals surface area contributed by atoms with Crippen molar-refractivity contribution in [2.24, 2.45) is 0 Å². The zero-order chi connectivity index (χ0) is 14.8. The molecule has 1 atom stereocenters. The average molecular weight is 277 g/mol. The SMILES string of the molecule is CN(CC1CCOc2ccccc21)C(=O)OC(C)(C)C. The number of amides is 1. The standard InChI is InChI=1S/C16H23NO3/c1-16(2,3)20-15(18)17(4)11-12-9-10-19-14-8-6-5-7-13(12)14/h5-8,12H,9-11H2,1-4H3. The largest absolute Gasteiger partial charge is 0.493 e. The van der Waals surface area contributed by atoms with Crippen LogP contribution in [0.1, 0.15) is 38.7 Å². The molecule has 1 aliphatic rings. The van der Waals surface area contributed by atoms with Crippen LogP contribution >= 0.6 is 0 Å². The van der Waals surface area contributed by atoms with Crippen LogP contribution in [-0.2, 0) is 4.74 Å². The van der Waals surface area contributed by atoms with Gasteiger partial charge in [0.25, 0.3) is 0 Å². The Labute approximate surface area is 120 Å². The van der Waals surface area contributed by atoms with E-state index in [0.29, 0.717) is 19.1 Å². The van der Waals surface area contributed by atoms with Crippen LogP contribution in [0.25, 0.3) is 0 Å². The number of benzene rings is 1. The van der Waals surface area contributed by atoms with E-state index in [4.69, 9.17) is 9.47 Å². The van der Waals surface area contributed by atoms with Gasteiger partial charge in [0.15, 0.2) is 0 Å². The van der Waals surface area contributed by atoms with E-state index in [1.807, 2.05) is 39.0 Å². The van der Waals surface area contributed by atoms with Crippen LogP contribution in [0.2, 0.25) is 0 Å². The Morgan fingerprint density at radius 2 is 2.10 bits per heavy atom. The van der Waals surface area contributed by atoms with Crippen LogP contribution in [0.3, 0.4) is 0 Å². The van der Waals surface area contributed by atoms with Gasteiger partial charge >= 0.3 is 6.09 Å². The first-order valence-corrected chi connectivity index (χ1v) is 7.02. The second kappa shape index (κ2) is 5.73. The van der Waals surface area contributed by atoms with E-state index in [-0.39, 0.29) is 6.09 Å². The number of hydrogen-bond acceptors (Lipinski definition) is 3. The van der Waals surface area contributed by atoms with Gasteiger partial charge in [-0.15, -0.1) is 0 Å². The molecule has 0 fully saturated rings. The zero-order valence-electron chi connectivity index (χ0n) is 12.7. The Bertz CT molecular complexity index is 479. The molecule has 1 amide bonds. The van der Waals surface area contributed by atoms with Gasteiger partial charge in [0.1, 0.15) is 11.4 Å². The van der Waals surface area contributed by atoms with Gasteiger partial charge in [-0.05, 0) is 38.8 Å². The van der Waals surface area contributed by atoms with E-state index in [2.05, 4.69) is 6.07 Å². The van der Waals surface area contributed by atoms with Gasteiger partial charge in [-0.1, -0.05) is 18.2 Å². The van der Waals surface area contributed by atoms with E-state index in [1.54, 1.807) is 11.9 Å². The van der Waals surface area contributed by atoms with Gasteiger partial charge in [-0.2, -0.15) is 0 Å². The van der Waals surface area contributed by atoms with Crippen molar-refractivity contribution in [1.29, 1.82) is 0 Å². The molecule has 0 N–H and O–H groups in total. The maximum Gasteiger partial charge on any atom is 0.410 e. The number of hydrogen-bond donors (Lipinski definition) is 0. The fourth-order valence-electron chi connectivity index (χ4n) is 2.35. The summed E-state index contributed by atoms with van der Waals surface area (Å²) in [6, 6.07) is 8.03. The summed E-state index contributed by atoms with van der Waals surface area (Å²) in [5.41, 5.74) is 0.716. The third-order valence-corrected chi connectivity index (χ3v) is 3.28. The van der Waals surface area contributed by atoms with Gasteiger partial charge < -0.3 is 14.4 Å². The normalized spacial score (nSPS) is 17.9. The summed E-state index contributed by atoms with van der Waals surface area (Å²) in [6.07, 6.45) is 0.644. The summed E-state index contributed by atoms with van der Waals surface area (Å²) in [4.78, 5) is 13.7. The quantitative estimate of drug-likeness (QED) is 0.831. The Morgan fingerprint density at radius 1 is 1.40 bits per heavy atom. The minimum absolute atomic E-state index is 0.276. The predicted molar refractivity (Wildman–Crippen MR) is 78.2 cm³/mol. The van der Waals surface area contributed by atoms with Gasteiger partial charge in [-0.3, -0.25) is 0 Å². The number of para-hydroxylation sites is 1. The molecule has 0 aliphatic carbocycles. The van der Waals surface area contributed by atoms with Crippen LogP contribution in [0.5, 0.6) is 5.75 Å². The second-order valence-corrected chi connectivity index (χ2v) is 6.23. The highest BCUT2D eigenvalue weighted by atomic mass is 16.6. The molecule has 1 unspecified atom stereocenters. The van der Waals surface area contributed by atoms with Crippen molar-refractivity contribution in [1.82, 2.24) is 4.90 Å². The first-order chi connectivity index (χ1) is 9.37. The Balaban J connectivity index is 2.02. The van der Waals surface area contributed by atoms with Crippen molar-refractivity contribution in [2.45, 2.75) is 38.7 Å². The Hall–Kier alpha value is -1.71. The van der Waals surface area contributed by atoms with Crippen molar-refractivity contribution >= 4 is 6.09 Å². The highest BCUT2D eigenvalue weighted by Gasteiger charge is 2.26. The fourth-order valence-corrected chi connectivity index (χ4v) is 2.35. The van der Waals surface area contributed by atoms with Crippen LogP contribution in [0.15, 0.2) is 24.3 Å². The first kappa shape index (κ1) is 14.7. The monoisotopic (exact) mass is 277 g/mol. The maximum atomic E-state index is 12.0. The molecule has 1 aromatic rings. The van der Waals surface area contributed by atoms with E-state index < -0.39 is 5.60 Å². The Kier molecular flexibility index (Phi) is 4.21. The summed E-state index contributed by atoms with van der Waals surface area (Å²) >= 11 is 0. The van der Waals surface area contributed by atoms with E-state index in [1.165, 1.54) is 5.56 Å². The molecule has 4 heteroatoms. The lowest BCUT2D eigenvalue weighted by Crippen LogP contribution is -2.37. The van der Waals surface area contributed by atoms with E-state index >= 15 is 0 Å². The summed E-state index contributed by atoms with van der Waals surface area (Å²) in [6.45, 7) is 6.98. The number of carbonyl (C=O) groups is 1. The van der Waals surface area contributed by atoms with Crippen LogP contribution in [-0.4, -0.2) is 36.8 Å². The molecule has 0 bridgehead atoms. The first-order valence-electron chi connectivity index (χ1n) is 7.02. The molecule has 0 saturated carbocycles. The molecule has 1 heterocycles. The van der Waals surface area contributed by atoms with Crippen molar-refractivity contribution in [3.63, 3.8) is 0 Å². The van der Waals surface area contributed by atoms with E-state index in [0.717, 1.165) is 12.2 Å². The molecule has 1 aliphatic heterocycles. The zero-order valence-corrected chi connectivity index (χ0v) is 12.7. The molecule has 0 saturated heterocycles. The maximum absolute atomic E-state index is 12.0. The molecule has 0 radical (unpaired) electrons. The molecule has 2 rings (SSSR count). The van der Waals surface area contributed by atoms with Gasteiger partial charge in [0.2, 0.25) is 0 Å². The molecule has 110 valence electrons. The fraction of sp³-hybridized carbons (Fsp3) is 0.562. The summed E-state index contributed by atoms with van der Waals surface area (Å²) in [5, 5.41) is 0. The molecule has 0 aromatic heterocycles. The number of likely N-dealkylation sites (N-methyl/N-ethyl adjacent to an activating group) is 1. The van der Waals surface area contributed by atoms with Gasteiger partial charge in [0.05, 0.1) is 6.61 Å². The molecule has 4 nitrogen and oxygen atoms in total. The number of ether oxygens (including phenoxy) is 2. The Morgan fingerprint density at radius 3 is 2.80 bits per heavy atom. The number of rotatable bonds is 2. The summed E-state index contributed by atoms with van der Waals surface area (Å²) < 4.78 is 11.0. The summed E-state index contributed by atoms with van der Waals surface area (Å²) in [5.74, 6) is 1.24. The molecule has 1 aromatic carbocycles. The smallest absolute Gasteiger partial charge is 0.410 e. The van der Waals surface area contributed by atoms with E-state index in [9.17, 15) is 4.79 Å².